The highest BCUT2D eigenvalue weighted by Crippen LogP contribution is 2.44. The fraction of sp³-hybridized carbons (Fsp3) is 0.240. The number of para-hydroxylation sites is 1. The van der Waals surface area contributed by atoms with E-state index in [1.54, 1.807) is 29.5 Å². The predicted octanol–water partition coefficient (Wildman–Crippen LogP) is 6.76. The van der Waals surface area contributed by atoms with Gasteiger partial charge < -0.3 is 14.8 Å². The van der Waals surface area contributed by atoms with Crippen LogP contribution in [0, 0.1) is 5.82 Å². The predicted molar refractivity (Wildman–Crippen MR) is 127 cm³/mol. The summed E-state index contributed by atoms with van der Waals surface area (Å²) in [5, 5.41) is 6.10. The van der Waals surface area contributed by atoms with E-state index in [9.17, 15) is 9.18 Å². The molecule has 7 heteroatoms. The van der Waals surface area contributed by atoms with Crippen LogP contribution in [0.2, 0.25) is 0 Å². The highest BCUT2D eigenvalue weighted by Gasteiger charge is 2.36. The zero-order valence-electron chi connectivity index (χ0n) is 17.4. The first kappa shape index (κ1) is 19.8. The number of benzene rings is 1. The molecule has 32 heavy (non-hydrogen) atoms. The van der Waals surface area contributed by atoms with Crippen molar-refractivity contribution in [3.63, 3.8) is 0 Å². The number of thiophene rings is 2. The van der Waals surface area contributed by atoms with E-state index in [1.165, 1.54) is 39.9 Å². The molecule has 1 aliphatic heterocycles. The molecule has 4 aromatic rings. The van der Waals surface area contributed by atoms with Gasteiger partial charge in [-0.25, -0.2) is 9.18 Å². The minimum atomic E-state index is -0.430. The van der Waals surface area contributed by atoms with E-state index in [0.717, 1.165) is 23.4 Å². The Balaban J connectivity index is 1.50. The van der Waals surface area contributed by atoms with Crippen LogP contribution in [0.15, 0.2) is 60.1 Å². The van der Waals surface area contributed by atoms with Crippen molar-refractivity contribution in [1.82, 2.24) is 9.47 Å². The SMILES string of the molecule is O=C(Nc1ccccc1F)N1Cc2c(sc3c2CCCC3)-n2cccc2[C@@H]1c1cccs1. The molecule has 0 bridgehead atoms. The van der Waals surface area contributed by atoms with Gasteiger partial charge in [0.05, 0.1) is 17.9 Å². The largest absolute Gasteiger partial charge is 0.323 e. The molecule has 0 fully saturated rings. The average Bonchev–Trinajstić information content (AvgIpc) is 3.55. The van der Waals surface area contributed by atoms with Crippen LogP contribution in [-0.4, -0.2) is 15.5 Å². The number of amides is 2. The fourth-order valence-electron chi connectivity index (χ4n) is 4.88. The number of aryl methyl sites for hydroxylation is 1. The zero-order valence-corrected chi connectivity index (χ0v) is 19.0. The Hall–Kier alpha value is -2.90. The molecule has 2 aliphatic rings. The lowest BCUT2D eigenvalue weighted by Gasteiger charge is -2.30. The third kappa shape index (κ3) is 3.19. The normalized spacial score (nSPS) is 17.3. The number of halogens is 1. The molecular weight excluding hydrogens is 441 g/mol. The Bertz CT molecular complexity index is 1290. The van der Waals surface area contributed by atoms with E-state index in [4.69, 9.17) is 0 Å². The molecule has 6 rings (SSSR count). The highest BCUT2D eigenvalue weighted by molar-refractivity contribution is 7.15. The molecular formula is C25H22FN3OS2. The second-order valence-electron chi connectivity index (χ2n) is 8.25. The number of carbonyl (C=O) groups excluding carboxylic acids is 1. The van der Waals surface area contributed by atoms with Crippen LogP contribution in [-0.2, 0) is 19.4 Å². The van der Waals surface area contributed by atoms with E-state index in [0.29, 0.717) is 6.54 Å². The molecule has 4 nitrogen and oxygen atoms in total. The topological polar surface area (TPSA) is 37.3 Å². The fourth-order valence-corrected chi connectivity index (χ4v) is 7.13. The molecule has 2 amide bonds. The summed E-state index contributed by atoms with van der Waals surface area (Å²) in [6.07, 6.45) is 6.68. The second kappa shape index (κ2) is 7.90. The molecule has 0 saturated carbocycles. The summed E-state index contributed by atoms with van der Waals surface area (Å²) in [4.78, 5) is 18.1. The summed E-state index contributed by atoms with van der Waals surface area (Å²) >= 11 is 3.51. The van der Waals surface area contributed by atoms with E-state index in [-0.39, 0.29) is 17.8 Å². The molecule has 0 spiro atoms. The van der Waals surface area contributed by atoms with Crippen molar-refractivity contribution in [1.29, 1.82) is 0 Å². The van der Waals surface area contributed by atoms with Crippen LogP contribution in [0.25, 0.3) is 5.00 Å². The molecule has 1 aliphatic carbocycles. The molecule has 3 aromatic heterocycles. The standard InChI is InChI=1S/C25H22FN3OS2/c26-18-8-2-3-9-19(18)27-25(30)29-15-17-16-7-1-4-11-21(16)32-24(17)28-13-5-10-20(28)23(29)22-12-6-14-31-22/h2-3,5-6,8-10,12-14,23H,1,4,7,11,15H2,(H,27,30)/t23-/m1/s1. The zero-order chi connectivity index (χ0) is 21.7. The molecule has 0 saturated heterocycles. The van der Waals surface area contributed by atoms with Crippen LogP contribution in [0.3, 0.4) is 0 Å². The van der Waals surface area contributed by atoms with Gasteiger partial charge in [0.1, 0.15) is 16.9 Å². The van der Waals surface area contributed by atoms with Gasteiger partial charge in [-0.05, 0) is 67.0 Å². The van der Waals surface area contributed by atoms with E-state index in [1.807, 2.05) is 27.7 Å². The van der Waals surface area contributed by atoms with Crippen molar-refractivity contribution in [3.8, 4) is 5.00 Å². The van der Waals surface area contributed by atoms with Gasteiger partial charge in [-0.3, -0.25) is 0 Å². The summed E-state index contributed by atoms with van der Waals surface area (Å²) in [5.74, 6) is -0.430. The Morgan fingerprint density at radius 3 is 2.75 bits per heavy atom. The van der Waals surface area contributed by atoms with Gasteiger partial charge in [0.15, 0.2) is 0 Å². The molecule has 162 valence electrons. The van der Waals surface area contributed by atoms with Crippen molar-refractivity contribution >= 4 is 34.4 Å². The molecule has 4 heterocycles. The molecule has 0 radical (unpaired) electrons. The first-order valence-corrected chi connectivity index (χ1v) is 12.6. The van der Waals surface area contributed by atoms with Crippen molar-refractivity contribution in [2.24, 2.45) is 0 Å². The quantitative estimate of drug-likeness (QED) is 0.351. The van der Waals surface area contributed by atoms with Gasteiger partial charge in [0, 0.05) is 21.5 Å². The average molecular weight is 464 g/mol. The Morgan fingerprint density at radius 1 is 1.03 bits per heavy atom. The highest BCUT2D eigenvalue weighted by atomic mass is 32.1. The van der Waals surface area contributed by atoms with Gasteiger partial charge in [-0.2, -0.15) is 0 Å². The first-order valence-electron chi connectivity index (χ1n) is 10.9. The first-order chi connectivity index (χ1) is 15.7. The van der Waals surface area contributed by atoms with Gasteiger partial charge in [0.25, 0.3) is 0 Å². The number of aromatic nitrogens is 1. The molecule has 1 aromatic carbocycles. The van der Waals surface area contributed by atoms with Crippen molar-refractivity contribution in [3.05, 3.63) is 92.5 Å². The summed E-state index contributed by atoms with van der Waals surface area (Å²) in [6, 6.07) is 14.0. The van der Waals surface area contributed by atoms with Crippen LogP contribution >= 0.6 is 22.7 Å². The van der Waals surface area contributed by atoms with Crippen LogP contribution < -0.4 is 5.32 Å². The number of hydrogen-bond acceptors (Lipinski definition) is 3. The monoisotopic (exact) mass is 463 g/mol. The van der Waals surface area contributed by atoms with E-state index in [2.05, 4.69) is 34.3 Å². The van der Waals surface area contributed by atoms with Crippen LogP contribution in [0.5, 0.6) is 0 Å². The Labute approximate surface area is 193 Å². The van der Waals surface area contributed by atoms with Gasteiger partial charge >= 0.3 is 6.03 Å². The number of anilines is 1. The minimum absolute atomic E-state index is 0.203. The number of rotatable bonds is 2. The Kier molecular flexibility index (Phi) is 4.88. The van der Waals surface area contributed by atoms with Gasteiger partial charge in [0.2, 0.25) is 0 Å². The number of nitrogens with zero attached hydrogens (tertiary/aromatic N) is 2. The van der Waals surface area contributed by atoms with E-state index < -0.39 is 5.82 Å². The maximum absolute atomic E-state index is 14.3. The lowest BCUT2D eigenvalue weighted by atomic mass is 9.95. The lowest BCUT2D eigenvalue weighted by molar-refractivity contribution is 0.195. The number of carbonyl (C=O) groups is 1. The summed E-state index contributed by atoms with van der Waals surface area (Å²) in [6.45, 7) is 0.506. The van der Waals surface area contributed by atoms with Crippen molar-refractivity contribution in [2.45, 2.75) is 38.3 Å². The number of nitrogens with one attached hydrogen (secondary N) is 1. The van der Waals surface area contributed by atoms with Crippen molar-refractivity contribution < 1.29 is 9.18 Å². The minimum Gasteiger partial charge on any atom is -0.310 e. The Morgan fingerprint density at radius 2 is 1.91 bits per heavy atom. The number of urea groups is 1. The van der Waals surface area contributed by atoms with Gasteiger partial charge in [-0.15, -0.1) is 22.7 Å². The molecule has 1 atom stereocenters. The smallest absolute Gasteiger partial charge is 0.310 e. The van der Waals surface area contributed by atoms with Crippen LogP contribution in [0.1, 0.15) is 45.5 Å². The van der Waals surface area contributed by atoms with Crippen LogP contribution in [0.4, 0.5) is 14.9 Å². The lowest BCUT2D eigenvalue weighted by Crippen LogP contribution is -2.38. The number of hydrogen-bond donors (Lipinski definition) is 1. The van der Waals surface area contributed by atoms with E-state index >= 15 is 0 Å². The maximum Gasteiger partial charge on any atom is 0.323 e. The number of fused-ring (bicyclic) bond motifs is 5. The maximum atomic E-state index is 14.3. The third-order valence-electron chi connectivity index (χ3n) is 6.37. The van der Waals surface area contributed by atoms with Gasteiger partial charge in [-0.1, -0.05) is 18.2 Å². The summed E-state index contributed by atoms with van der Waals surface area (Å²) < 4.78 is 16.6. The summed E-state index contributed by atoms with van der Waals surface area (Å²) in [7, 11) is 0. The molecule has 1 N–H and O–H groups in total. The third-order valence-corrected chi connectivity index (χ3v) is 8.63. The molecule has 0 unspecified atom stereocenters. The van der Waals surface area contributed by atoms with Crippen molar-refractivity contribution in [2.75, 3.05) is 5.32 Å². The summed E-state index contributed by atoms with van der Waals surface area (Å²) in [5.41, 5.74) is 3.92. The second-order valence-corrected chi connectivity index (χ2v) is 10.3.